The number of nitrogens with zero attached hydrogens (tertiary/aromatic N) is 1. The van der Waals surface area contributed by atoms with Gasteiger partial charge in [-0.15, -0.1) is 0 Å². The first-order chi connectivity index (χ1) is 12.1. The zero-order valence-corrected chi connectivity index (χ0v) is 16.9. The molecule has 0 saturated heterocycles. The number of carbonyl (C=O) groups excluding carboxylic acids is 1. The van der Waals surface area contributed by atoms with Gasteiger partial charge in [0.1, 0.15) is 10.6 Å². The van der Waals surface area contributed by atoms with E-state index in [0.717, 1.165) is 4.31 Å². The molecular formula is C16H15Cl3N2O4S. The minimum absolute atomic E-state index is 0.128. The van der Waals surface area contributed by atoms with Crippen LogP contribution < -0.4 is 10.1 Å². The first-order valence-electron chi connectivity index (χ1n) is 7.19. The van der Waals surface area contributed by atoms with Crippen molar-refractivity contribution in [3.63, 3.8) is 0 Å². The van der Waals surface area contributed by atoms with Crippen LogP contribution in [-0.4, -0.2) is 39.3 Å². The van der Waals surface area contributed by atoms with E-state index in [2.05, 4.69) is 5.32 Å². The van der Waals surface area contributed by atoms with Gasteiger partial charge in [0.25, 0.3) is 0 Å². The van der Waals surface area contributed by atoms with Crippen LogP contribution in [0.5, 0.6) is 5.75 Å². The highest BCUT2D eigenvalue weighted by atomic mass is 35.5. The molecule has 140 valence electrons. The van der Waals surface area contributed by atoms with Gasteiger partial charge in [0, 0.05) is 27.8 Å². The highest BCUT2D eigenvalue weighted by Crippen LogP contribution is 2.29. The molecule has 0 spiro atoms. The summed E-state index contributed by atoms with van der Waals surface area (Å²) < 4.78 is 31.4. The predicted molar refractivity (Wildman–Crippen MR) is 103 cm³/mol. The van der Waals surface area contributed by atoms with Gasteiger partial charge in [-0.25, -0.2) is 8.42 Å². The highest BCUT2D eigenvalue weighted by molar-refractivity contribution is 7.89. The second-order valence-corrected chi connectivity index (χ2v) is 8.59. The van der Waals surface area contributed by atoms with Crippen molar-refractivity contribution in [2.24, 2.45) is 0 Å². The zero-order valence-electron chi connectivity index (χ0n) is 13.8. The fraction of sp³-hybridized carbons (Fsp3) is 0.188. The third-order valence-corrected chi connectivity index (χ3v) is 5.82. The maximum absolute atomic E-state index is 12.7. The lowest BCUT2D eigenvalue weighted by Gasteiger charge is -2.18. The molecule has 0 unspecified atom stereocenters. The van der Waals surface area contributed by atoms with Crippen molar-refractivity contribution in [1.29, 1.82) is 0 Å². The van der Waals surface area contributed by atoms with Gasteiger partial charge in [0.05, 0.1) is 13.7 Å². The van der Waals surface area contributed by atoms with Crippen LogP contribution in [0.15, 0.2) is 41.3 Å². The number of carbonyl (C=O) groups is 1. The molecule has 0 radical (unpaired) electrons. The molecule has 0 fully saturated rings. The molecule has 2 aromatic rings. The Kier molecular flexibility index (Phi) is 6.76. The van der Waals surface area contributed by atoms with E-state index < -0.39 is 22.5 Å². The van der Waals surface area contributed by atoms with Gasteiger partial charge in [-0.3, -0.25) is 4.79 Å². The van der Waals surface area contributed by atoms with Crippen LogP contribution >= 0.6 is 34.8 Å². The molecule has 2 rings (SSSR count). The Bertz CT molecular complexity index is 915. The molecule has 26 heavy (non-hydrogen) atoms. The number of hydrogen-bond donors (Lipinski definition) is 1. The lowest BCUT2D eigenvalue weighted by atomic mass is 10.3. The number of amides is 1. The predicted octanol–water partition coefficient (Wildman–Crippen LogP) is 3.91. The summed E-state index contributed by atoms with van der Waals surface area (Å²) in [5.41, 5.74) is 0.360. The third-order valence-electron chi connectivity index (χ3n) is 3.33. The van der Waals surface area contributed by atoms with Crippen LogP contribution in [0.25, 0.3) is 0 Å². The maximum atomic E-state index is 12.7. The lowest BCUT2D eigenvalue weighted by molar-refractivity contribution is -0.116. The summed E-state index contributed by atoms with van der Waals surface area (Å²) in [6.07, 6.45) is 0. The monoisotopic (exact) mass is 436 g/mol. The van der Waals surface area contributed by atoms with Gasteiger partial charge in [-0.2, -0.15) is 4.31 Å². The van der Waals surface area contributed by atoms with E-state index >= 15 is 0 Å². The zero-order chi connectivity index (χ0) is 19.5. The van der Waals surface area contributed by atoms with E-state index in [-0.39, 0.29) is 15.7 Å². The number of rotatable bonds is 6. The minimum Gasteiger partial charge on any atom is -0.495 e. The second kappa shape index (κ2) is 8.45. The molecule has 1 amide bonds. The van der Waals surface area contributed by atoms with Crippen molar-refractivity contribution < 1.29 is 17.9 Å². The number of benzene rings is 2. The van der Waals surface area contributed by atoms with Crippen molar-refractivity contribution in [2.45, 2.75) is 4.90 Å². The number of nitrogens with one attached hydrogen (secondary N) is 1. The second-order valence-electron chi connectivity index (χ2n) is 5.26. The van der Waals surface area contributed by atoms with Gasteiger partial charge >= 0.3 is 0 Å². The number of methoxy groups -OCH3 is 1. The van der Waals surface area contributed by atoms with E-state index in [4.69, 9.17) is 39.5 Å². The number of anilines is 1. The first kappa shape index (κ1) is 20.8. The molecule has 0 aromatic heterocycles. The van der Waals surface area contributed by atoms with Gasteiger partial charge < -0.3 is 10.1 Å². The molecule has 0 saturated carbocycles. The van der Waals surface area contributed by atoms with Gasteiger partial charge in [0.2, 0.25) is 15.9 Å². The van der Waals surface area contributed by atoms with Gasteiger partial charge in [0.15, 0.2) is 0 Å². The number of ether oxygens (including phenoxy) is 1. The molecule has 1 N–H and O–H groups in total. The number of sulfonamides is 1. The van der Waals surface area contributed by atoms with Crippen LogP contribution in [0, 0.1) is 0 Å². The summed E-state index contributed by atoms with van der Waals surface area (Å²) >= 11 is 17.6. The Labute approximate surface area is 166 Å². The Morgan fingerprint density at radius 3 is 2.27 bits per heavy atom. The van der Waals surface area contributed by atoms with E-state index in [9.17, 15) is 13.2 Å². The summed E-state index contributed by atoms with van der Waals surface area (Å²) in [5.74, 6) is -0.432. The third kappa shape index (κ3) is 5.02. The smallest absolute Gasteiger partial charge is 0.247 e. The fourth-order valence-electron chi connectivity index (χ4n) is 2.13. The summed E-state index contributed by atoms with van der Waals surface area (Å²) in [4.78, 5) is 12.1. The van der Waals surface area contributed by atoms with Crippen LogP contribution in [0.4, 0.5) is 5.69 Å². The Morgan fingerprint density at radius 1 is 1.08 bits per heavy atom. The molecular weight excluding hydrogens is 423 g/mol. The van der Waals surface area contributed by atoms with Gasteiger partial charge in [-0.1, -0.05) is 34.8 Å². The Hall–Kier alpha value is -1.51. The lowest BCUT2D eigenvalue weighted by Crippen LogP contribution is -2.35. The number of likely N-dealkylation sites (N-methyl/N-ethyl adjacent to an activating group) is 1. The van der Waals surface area contributed by atoms with Crippen molar-refractivity contribution >= 4 is 56.4 Å². The average molecular weight is 438 g/mol. The van der Waals surface area contributed by atoms with Crippen LogP contribution in [0.3, 0.4) is 0 Å². The number of halogens is 3. The molecule has 0 aliphatic heterocycles. The van der Waals surface area contributed by atoms with E-state index in [1.165, 1.54) is 50.6 Å². The summed E-state index contributed by atoms with van der Waals surface area (Å²) in [5, 5.41) is 3.47. The molecule has 0 aliphatic rings. The molecule has 2 aromatic carbocycles. The molecule has 10 heteroatoms. The van der Waals surface area contributed by atoms with E-state index in [1.807, 2.05) is 0 Å². The average Bonchev–Trinajstić information content (AvgIpc) is 2.53. The van der Waals surface area contributed by atoms with Crippen molar-refractivity contribution in [2.75, 3.05) is 26.0 Å². The number of hydrogen-bond acceptors (Lipinski definition) is 4. The van der Waals surface area contributed by atoms with Crippen molar-refractivity contribution in [3.05, 3.63) is 51.5 Å². The van der Waals surface area contributed by atoms with Crippen LogP contribution in [0.1, 0.15) is 0 Å². The Balaban J connectivity index is 2.19. The van der Waals surface area contributed by atoms with E-state index in [1.54, 1.807) is 0 Å². The SMILES string of the molecule is COc1ccc(Cl)cc1S(=O)(=O)N(C)CC(=O)Nc1cc(Cl)cc(Cl)c1. The molecule has 6 nitrogen and oxygen atoms in total. The Morgan fingerprint density at radius 2 is 1.69 bits per heavy atom. The maximum Gasteiger partial charge on any atom is 0.247 e. The minimum atomic E-state index is -4.00. The normalized spacial score (nSPS) is 11.5. The van der Waals surface area contributed by atoms with Crippen LogP contribution in [0.2, 0.25) is 15.1 Å². The first-order valence-corrected chi connectivity index (χ1v) is 9.76. The van der Waals surface area contributed by atoms with E-state index in [0.29, 0.717) is 15.7 Å². The summed E-state index contributed by atoms with van der Waals surface area (Å²) in [6, 6.07) is 8.73. The standard InChI is InChI=1S/C16H15Cl3N2O4S/c1-21(9-16(22)20-13-6-11(18)5-12(19)7-13)26(23,24)15-8-10(17)3-4-14(15)25-2/h3-8H,9H2,1-2H3,(H,20,22). The fourth-order valence-corrected chi connectivity index (χ4v) is 4.20. The summed E-state index contributed by atoms with van der Waals surface area (Å²) in [6.45, 7) is -0.428. The molecule has 0 aliphatic carbocycles. The quantitative estimate of drug-likeness (QED) is 0.743. The topological polar surface area (TPSA) is 75.7 Å². The molecule has 0 atom stereocenters. The molecule has 0 bridgehead atoms. The van der Waals surface area contributed by atoms with Crippen molar-refractivity contribution in [1.82, 2.24) is 4.31 Å². The van der Waals surface area contributed by atoms with Gasteiger partial charge in [-0.05, 0) is 36.4 Å². The van der Waals surface area contributed by atoms with Crippen molar-refractivity contribution in [3.8, 4) is 5.75 Å². The van der Waals surface area contributed by atoms with Crippen LogP contribution in [-0.2, 0) is 14.8 Å². The summed E-state index contributed by atoms with van der Waals surface area (Å²) in [7, 11) is -1.37. The largest absolute Gasteiger partial charge is 0.495 e. The molecule has 0 heterocycles. The highest BCUT2D eigenvalue weighted by Gasteiger charge is 2.27.